The molecule has 8 heteroatoms. The van der Waals surface area contributed by atoms with Crippen molar-refractivity contribution in [3.8, 4) is 0 Å². The van der Waals surface area contributed by atoms with Crippen LogP contribution in [0.15, 0.2) is 4.99 Å². The molecule has 0 aromatic rings. The SMILES string of the molecule is CCN1CCCC1CNC(=NCC(=O)N(C)C)N1CC2C3CCC(O3)C2C1.I. The van der Waals surface area contributed by atoms with Crippen molar-refractivity contribution in [2.75, 3.05) is 53.4 Å². The van der Waals surface area contributed by atoms with E-state index in [1.165, 1.54) is 32.2 Å². The average Bonchev–Trinajstić information content (AvgIpc) is 3.41. The highest BCUT2D eigenvalue weighted by atomic mass is 127. The molecule has 0 radical (unpaired) electrons. The molecule has 0 aromatic carbocycles. The summed E-state index contributed by atoms with van der Waals surface area (Å²) in [6.45, 7) is 7.69. The van der Waals surface area contributed by atoms with E-state index in [0.29, 0.717) is 30.1 Å². The van der Waals surface area contributed by atoms with Crippen molar-refractivity contribution in [2.24, 2.45) is 16.8 Å². The molecule has 1 amide bonds. The van der Waals surface area contributed by atoms with Gasteiger partial charge in [-0.3, -0.25) is 9.69 Å². The molecule has 7 nitrogen and oxygen atoms in total. The van der Waals surface area contributed by atoms with Gasteiger partial charge in [-0.05, 0) is 38.8 Å². The number of likely N-dealkylation sites (tertiary alicyclic amines) is 2. The molecular formula is C20H36IN5O2. The van der Waals surface area contributed by atoms with E-state index < -0.39 is 0 Å². The van der Waals surface area contributed by atoms with E-state index in [2.05, 4.69) is 22.0 Å². The number of ether oxygens (including phenoxy) is 1. The Hall–Kier alpha value is -0.610. The van der Waals surface area contributed by atoms with Gasteiger partial charge < -0.3 is 19.9 Å². The van der Waals surface area contributed by atoms with Crippen LogP contribution in [0.25, 0.3) is 0 Å². The smallest absolute Gasteiger partial charge is 0.243 e. The monoisotopic (exact) mass is 505 g/mol. The minimum atomic E-state index is 0. The molecule has 0 saturated carbocycles. The summed E-state index contributed by atoms with van der Waals surface area (Å²) >= 11 is 0. The van der Waals surface area contributed by atoms with Crippen LogP contribution in [-0.4, -0.2) is 98.2 Å². The summed E-state index contributed by atoms with van der Waals surface area (Å²) in [4.78, 5) is 23.3. The summed E-state index contributed by atoms with van der Waals surface area (Å²) in [5, 5.41) is 3.62. The zero-order valence-electron chi connectivity index (χ0n) is 17.5. The van der Waals surface area contributed by atoms with Crippen molar-refractivity contribution < 1.29 is 9.53 Å². The zero-order chi connectivity index (χ0) is 19.0. The zero-order valence-corrected chi connectivity index (χ0v) is 19.8. The summed E-state index contributed by atoms with van der Waals surface area (Å²) < 4.78 is 6.11. The van der Waals surface area contributed by atoms with E-state index in [9.17, 15) is 4.79 Å². The van der Waals surface area contributed by atoms with Crippen molar-refractivity contribution >= 4 is 35.8 Å². The minimum absolute atomic E-state index is 0. The van der Waals surface area contributed by atoms with Gasteiger partial charge in [-0.1, -0.05) is 6.92 Å². The second kappa shape index (κ2) is 9.47. The number of hydrogen-bond acceptors (Lipinski definition) is 4. The number of guanidine groups is 1. The highest BCUT2D eigenvalue weighted by Crippen LogP contribution is 2.47. The molecule has 4 aliphatic heterocycles. The van der Waals surface area contributed by atoms with E-state index in [1.807, 2.05) is 0 Å². The molecule has 5 unspecified atom stereocenters. The van der Waals surface area contributed by atoms with E-state index in [4.69, 9.17) is 9.73 Å². The number of aliphatic imine (C=N–C) groups is 1. The molecule has 160 valence electrons. The molecule has 2 bridgehead atoms. The Kier molecular flexibility index (Phi) is 7.47. The van der Waals surface area contributed by atoms with Gasteiger partial charge in [-0.15, -0.1) is 24.0 Å². The number of nitrogens with zero attached hydrogens (tertiary/aromatic N) is 4. The highest BCUT2D eigenvalue weighted by molar-refractivity contribution is 14.0. The number of likely N-dealkylation sites (N-methyl/N-ethyl adjacent to an activating group) is 2. The number of halogens is 1. The van der Waals surface area contributed by atoms with Gasteiger partial charge in [0.25, 0.3) is 0 Å². The molecule has 0 aromatic heterocycles. The lowest BCUT2D eigenvalue weighted by atomic mass is 9.82. The van der Waals surface area contributed by atoms with Gasteiger partial charge >= 0.3 is 0 Å². The van der Waals surface area contributed by atoms with Gasteiger partial charge in [0.15, 0.2) is 5.96 Å². The Morgan fingerprint density at radius 2 is 1.86 bits per heavy atom. The van der Waals surface area contributed by atoms with Crippen molar-refractivity contribution in [1.29, 1.82) is 0 Å². The Balaban J connectivity index is 0.00000225. The second-order valence-corrected chi connectivity index (χ2v) is 8.76. The molecule has 4 rings (SSSR count). The molecule has 0 aliphatic carbocycles. The maximum atomic E-state index is 12.1. The fraction of sp³-hybridized carbons (Fsp3) is 0.900. The first-order chi connectivity index (χ1) is 13.1. The van der Waals surface area contributed by atoms with Gasteiger partial charge in [-0.2, -0.15) is 0 Å². The van der Waals surface area contributed by atoms with Crippen molar-refractivity contribution in [3.05, 3.63) is 0 Å². The fourth-order valence-corrected chi connectivity index (χ4v) is 5.44. The van der Waals surface area contributed by atoms with Crippen LogP contribution in [0.1, 0.15) is 32.6 Å². The standard InChI is InChI=1S/C20H35N5O2.HI/c1-4-24-9-5-6-14(24)10-21-20(22-11-19(26)23(2)3)25-12-15-16(13-25)18-8-7-17(15)27-18;/h14-18H,4-13H2,1-3H3,(H,21,22);1H. The van der Waals surface area contributed by atoms with Gasteiger partial charge in [-0.25, -0.2) is 4.99 Å². The molecule has 1 N–H and O–H groups in total. The van der Waals surface area contributed by atoms with Gasteiger partial charge in [0.05, 0.1) is 12.2 Å². The summed E-state index contributed by atoms with van der Waals surface area (Å²) in [5.41, 5.74) is 0. The third-order valence-electron chi connectivity index (χ3n) is 7.02. The molecule has 4 saturated heterocycles. The number of nitrogens with one attached hydrogen (secondary N) is 1. The lowest BCUT2D eigenvalue weighted by molar-refractivity contribution is -0.127. The predicted molar refractivity (Wildman–Crippen MR) is 121 cm³/mol. The molecule has 4 heterocycles. The molecule has 0 spiro atoms. The first-order valence-electron chi connectivity index (χ1n) is 10.7. The van der Waals surface area contributed by atoms with Crippen LogP contribution in [0.5, 0.6) is 0 Å². The van der Waals surface area contributed by atoms with Crippen molar-refractivity contribution in [2.45, 2.75) is 50.9 Å². The topological polar surface area (TPSA) is 60.4 Å². The van der Waals surface area contributed by atoms with Crippen LogP contribution < -0.4 is 5.32 Å². The quantitative estimate of drug-likeness (QED) is 0.346. The molecule has 28 heavy (non-hydrogen) atoms. The number of carbonyl (C=O) groups excluding carboxylic acids is 1. The summed E-state index contributed by atoms with van der Waals surface area (Å²) in [5.74, 6) is 2.24. The summed E-state index contributed by atoms with van der Waals surface area (Å²) in [6.07, 6.45) is 5.84. The van der Waals surface area contributed by atoms with E-state index in [-0.39, 0.29) is 36.4 Å². The molecule has 4 aliphatic rings. The molecular weight excluding hydrogens is 469 g/mol. The van der Waals surface area contributed by atoms with Crippen LogP contribution >= 0.6 is 24.0 Å². The number of carbonyl (C=O) groups is 1. The molecule has 5 atom stereocenters. The Bertz CT molecular complexity index is 569. The van der Waals surface area contributed by atoms with Gasteiger partial charge in [0, 0.05) is 51.6 Å². The number of hydrogen-bond donors (Lipinski definition) is 1. The van der Waals surface area contributed by atoms with Crippen molar-refractivity contribution in [1.82, 2.24) is 20.0 Å². The van der Waals surface area contributed by atoms with E-state index >= 15 is 0 Å². The van der Waals surface area contributed by atoms with Crippen LogP contribution in [0.2, 0.25) is 0 Å². The summed E-state index contributed by atoms with van der Waals surface area (Å²) in [6, 6.07) is 0.575. The summed E-state index contributed by atoms with van der Waals surface area (Å²) in [7, 11) is 3.58. The average molecular weight is 505 g/mol. The van der Waals surface area contributed by atoms with Crippen LogP contribution in [0.4, 0.5) is 0 Å². The molecule has 4 fully saturated rings. The van der Waals surface area contributed by atoms with Crippen LogP contribution in [0, 0.1) is 11.8 Å². The Morgan fingerprint density at radius 3 is 2.46 bits per heavy atom. The first kappa shape index (κ1) is 22.1. The highest BCUT2D eigenvalue weighted by Gasteiger charge is 2.53. The van der Waals surface area contributed by atoms with Crippen molar-refractivity contribution in [3.63, 3.8) is 0 Å². The Morgan fingerprint density at radius 1 is 1.18 bits per heavy atom. The largest absolute Gasteiger partial charge is 0.374 e. The van der Waals surface area contributed by atoms with E-state index in [1.54, 1.807) is 19.0 Å². The van der Waals surface area contributed by atoms with Gasteiger partial charge in [0.1, 0.15) is 6.54 Å². The Labute approximate surface area is 186 Å². The minimum Gasteiger partial charge on any atom is -0.374 e. The maximum absolute atomic E-state index is 12.1. The lowest BCUT2D eigenvalue weighted by Gasteiger charge is -2.28. The number of rotatable bonds is 5. The van der Waals surface area contributed by atoms with Crippen LogP contribution in [0.3, 0.4) is 0 Å². The predicted octanol–water partition coefficient (Wildman–Crippen LogP) is 1.23. The van der Waals surface area contributed by atoms with E-state index in [0.717, 1.165) is 32.1 Å². The first-order valence-corrected chi connectivity index (χ1v) is 10.7. The maximum Gasteiger partial charge on any atom is 0.243 e. The number of fused-ring (bicyclic) bond motifs is 5. The van der Waals surface area contributed by atoms with Gasteiger partial charge in [0.2, 0.25) is 5.91 Å². The third-order valence-corrected chi connectivity index (χ3v) is 7.02. The normalized spacial score (nSPS) is 34.5. The lowest BCUT2D eigenvalue weighted by Crippen LogP contribution is -2.47. The third kappa shape index (κ3) is 4.43. The number of amides is 1. The second-order valence-electron chi connectivity index (χ2n) is 8.76. The fourth-order valence-electron chi connectivity index (χ4n) is 5.44. The van der Waals surface area contributed by atoms with Crippen LogP contribution in [-0.2, 0) is 9.53 Å².